The van der Waals surface area contributed by atoms with Gasteiger partial charge in [-0.25, -0.2) is 4.79 Å². The van der Waals surface area contributed by atoms with Crippen LogP contribution in [0.1, 0.15) is 34.4 Å². The van der Waals surface area contributed by atoms with Crippen LogP contribution < -0.4 is 14.8 Å². The van der Waals surface area contributed by atoms with Crippen molar-refractivity contribution in [3.05, 3.63) is 75.5 Å². The molecular formula is C31H39N3O5S. The molecule has 2 heterocycles. The zero-order valence-corrected chi connectivity index (χ0v) is 24.6. The Morgan fingerprint density at radius 2 is 1.88 bits per heavy atom. The number of carbonyl (C=O) groups excluding carboxylic acids is 2. The Morgan fingerprint density at radius 1 is 1.05 bits per heavy atom. The van der Waals surface area contributed by atoms with E-state index in [4.69, 9.17) is 14.2 Å². The lowest BCUT2D eigenvalue weighted by molar-refractivity contribution is -0.132. The molecule has 214 valence electrons. The lowest BCUT2D eigenvalue weighted by Gasteiger charge is -2.29. The van der Waals surface area contributed by atoms with Gasteiger partial charge in [-0.3, -0.25) is 4.79 Å². The van der Waals surface area contributed by atoms with Crippen molar-refractivity contribution in [2.75, 3.05) is 45.8 Å². The van der Waals surface area contributed by atoms with E-state index in [-0.39, 0.29) is 24.6 Å². The van der Waals surface area contributed by atoms with Gasteiger partial charge in [-0.1, -0.05) is 29.8 Å². The van der Waals surface area contributed by atoms with Gasteiger partial charge in [-0.2, -0.15) is 0 Å². The van der Waals surface area contributed by atoms with Crippen LogP contribution in [0.3, 0.4) is 0 Å². The average Bonchev–Trinajstić information content (AvgIpc) is 3.66. The first kappa shape index (κ1) is 29.4. The topological polar surface area (TPSA) is 80.3 Å². The Balaban J connectivity index is 1.50. The second-order valence-electron chi connectivity index (χ2n) is 10.1. The molecule has 0 saturated carbocycles. The number of methoxy groups -OCH3 is 2. The molecule has 0 bridgehead atoms. The average molecular weight is 566 g/mol. The maximum atomic E-state index is 13.8. The normalized spacial score (nSPS) is 14.6. The summed E-state index contributed by atoms with van der Waals surface area (Å²) in [6, 6.07) is 15.4. The summed E-state index contributed by atoms with van der Waals surface area (Å²) in [6.45, 7) is 5.98. The molecule has 1 N–H and O–H groups in total. The highest BCUT2D eigenvalue weighted by molar-refractivity contribution is 7.09. The molecule has 0 spiro atoms. The Bertz CT molecular complexity index is 1270. The van der Waals surface area contributed by atoms with Crippen molar-refractivity contribution in [1.29, 1.82) is 0 Å². The SMILES string of the molecule is COc1ccc(CCN(Cc2cccs2)C(=O)CN(CC2CCCO2)C(=O)Nc2ccc(C)cc2C)cc1OC. The van der Waals surface area contributed by atoms with E-state index >= 15 is 0 Å². The number of hydrogen-bond acceptors (Lipinski definition) is 6. The predicted octanol–water partition coefficient (Wildman–Crippen LogP) is 5.67. The van der Waals surface area contributed by atoms with Gasteiger partial charge in [0.1, 0.15) is 6.54 Å². The Kier molecular flexibility index (Phi) is 10.4. The third-order valence-corrected chi connectivity index (χ3v) is 7.94. The Labute approximate surface area is 240 Å². The van der Waals surface area contributed by atoms with Gasteiger partial charge < -0.3 is 29.3 Å². The molecule has 3 aromatic rings. The summed E-state index contributed by atoms with van der Waals surface area (Å²) in [4.78, 5) is 31.8. The van der Waals surface area contributed by atoms with Crippen LogP contribution in [0.15, 0.2) is 53.9 Å². The number of rotatable bonds is 12. The van der Waals surface area contributed by atoms with Gasteiger partial charge in [0.2, 0.25) is 5.91 Å². The lowest BCUT2D eigenvalue weighted by atomic mass is 10.1. The number of urea groups is 1. The maximum absolute atomic E-state index is 13.8. The number of anilines is 1. The first-order chi connectivity index (χ1) is 19.4. The molecule has 40 heavy (non-hydrogen) atoms. The van der Waals surface area contributed by atoms with Crippen LogP contribution in [0, 0.1) is 13.8 Å². The van der Waals surface area contributed by atoms with Gasteiger partial charge in [0.05, 0.1) is 26.9 Å². The van der Waals surface area contributed by atoms with Crippen molar-refractivity contribution in [3.63, 3.8) is 0 Å². The minimum Gasteiger partial charge on any atom is -0.493 e. The van der Waals surface area contributed by atoms with Gasteiger partial charge >= 0.3 is 6.03 Å². The first-order valence-electron chi connectivity index (χ1n) is 13.6. The van der Waals surface area contributed by atoms with E-state index in [1.165, 1.54) is 0 Å². The molecule has 4 rings (SSSR count). The van der Waals surface area contributed by atoms with Crippen LogP contribution in [-0.4, -0.2) is 68.3 Å². The lowest BCUT2D eigenvalue weighted by Crippen LogP contribution is -2.47. The zero-order valence-electron chi connectivity index (χ0n) is 23.8. The van der Waals surface area contributed by atoms with Gasteiger partial charge in [-0.15, -0.1) is 11.3 Å². The molecule has 8 nitrogen and oxygen atoms in total. The predicted molar refractivity (Wildman–Crippen MR) is 158 cm³/mol. The number of ether oxygens (including phenoxy) is 3. The third-order valence-electron chi connectivity index (χ3n) is 7.08. The number of thiophene rings is 1. The molecule has 1 unspecified atom stereocenters. The minimum atomic E-state index is -0.299. The Hall–Kier alpha value is -3.56. The first-order valence-corrected chi connectivity index (χ1v) is 14.5. The van der Waals surface area contributed by atoms with Crippen LogP contribution in [-0.2, 0) is 22.5 Å². The molecule has 0 radical (unpaired) electrons. The van der Waals surface area contributed by atoms with Crippen molar-refractivity contribution >= 4 is 29.0 Å². The maximum Gasteiger partial charge on any atom is 0.322 e. The summed E-state index contributed by atoms with van der Waals surface area (Å²) in [5.74, 6) is 1.21. The fourth-order valence-corrected chi connectivity index (χ4v) is 5.57. The highest BCUT2D eigenvalue weighted by Gasteiger charge is 2.27. The summed E-state index contributed by atoms with van der Waals surface area (Å²) >= 11 is 1.61. The third kappa shape index (κ3) is 7.99. The van der Waals surface area contributed by atoms with Gasteiger partial charge in [0.25, 0.3) is 0 Å². The quantitative estimate of drug-likeness (QED) is 0.306. The van der Waals surface area contributed by atoms with Crippen molar-refractivity contribution in [1.82, 2.24) is 9.80 Å². The summed E-state index contributed by atoms with van der Waals surface area (Å²) in [7, 11) is 3.22. The summed E-state index contributed by atoms with van der Waals surface area (Å²) < 4.78 is 16.6. The van der Waals surface area contributed by atoms with Gasteiger partial charge in [-0.05, 0) is 73.9 Å². The second-order valence-corrected chi connectivity index (χ2v) is 11.1. The highest BCUT2D eigenvalue weighted by Crippen LogP contribution is 2.28. The van der Waals surface area contributed by atoms with E-state index in [0.29, 0.717) is 44.2 Å². The number of carbonyl (C=O) groups is 2. The van der Waals surface area contributed by atoms with Gasteiger partial charge in [0, 0.05) is 30.3 Å². The van der Waals surface area contributed by atoms with Crippen LogP contribution in [0.25, 0.3) is 0 Å². The minimum absolute atomic E-state index is 0.0338. The monoisotopic (exact) mass is 565 g/mol. The van der Waals surface area contributed by atoms with Crippen molar-refractivity contribution in [2.45, 2.75) is 45.8 Å². The number of hydrogen-bond donors (Lipinski definition) is 1. The molecule has 1 aliphatic heterocycles. The molecule has 9 heteroatoms. The number of aryl methyl sites for hydroxylation is 2. The molecule has 1 aromatic heterocycles. The van der Waals surface area contributed by atoms with E-state index in [1.807, 2.05) is 72.7 Å². The largest absolute Gasteiger partial charge is 0.493 e. The molecule has 3 amide bonds. The number of benzene rings is 2. The second kappa shape index (κ2) is 14.2. The summed E-state index contributed by atoms with van der Waals surface area (Å²) in [5.41, 5.74) is 3.88. The van der Waals surface area contributed by atoms with E-state index in [1.54, 1.807) is 30.5 Å². The molecule has 2 aromatic carbocycles. The highest BCUT2D eigenvalue weighted by atomic mass is 32.1. The van der Waals surface area contributed by atoms with Gasteiger partial charge in [0.15, 0.2) is 11.5 Å². The number of nitrogens with zero attached hydrogens (tertiary/aromatic N) is 2. The fourth-order valence-electron chi connectivity index (χ4n) is 4.85. The standard InChI is InChI=1S/C31H39N3O5S/c1-22-9-11-27(23(2)17-22)32-31(36)34(19-25-7-5-15-39-25)21-30(35)33(20-26-8-6-16-40-26)14-13-24-10-12-28(37-3)29(18-24)38-4/h6,8-12,16-18,25H,5,7,13-15,19-21H2,1-4H3,(H,32,36). The van der Waals surface area contributed by atoms with Crippen molar-refractivity contribution < 1.29 is 23.8 Å². The summed E-state index contributed by atoms with van der Waals surface area (Å²) in [6.07, 6.45) is 2.40. The van der Waals surface area contributed by atoms with E-state index < -0.39 is 0 Å². The Morgan fingerprint density at radius 3 is 2.55 bits per heavy atom. The summed E-state index contributed by atoms with van der Waals surface area (Å²) in [5, 5.41) is 5.03. The molecule has 1 saturated heterocycles. The van der Waals surface area contributed by atoms with Crippen LogP contribution in [0.5, 0.6) is 11.5 Å². The van der Waals surface area contributed by atoms with Crippen LogP contribution >= 0.6 is 11.3 Å². The van der Waals surface area contributed by atoms with E-state index in [2.05, 4.69) is 5.32 Å². The van der Waals surface area contributed by atoms with E-state index in [9.17, 15) is 9.59 Å². The number of amides is 3. The van der Waals surface area contributed by atoms with Crippen LogP contribution in [0.4, 0.5) is 10.5 Å². The fraction of sp³-hybridized carbons (Fsp3) is 0.419. The molecule has 0 aliphatic carbocycles. The number of nitrogens with one attached hydrogen (secondary N) is 1. The van der Waals surface area contributed by atoms with Crippen molar-refractivity contribution in [2.24, 2.45) is 0 Å². The molecule has 1 fully saturated rings. The van der Waals surface area contributed by atoms with Crippen LogP contribution in [0.2, 0.25) is 0 Å². The molecule has 1 aliphatic rings. The van der Waals surface area contributed by atoms with E-state index in [0.717, 1.165) is 40.1 Å². The zero-order chi connectivity index (χ0) is 28.5. The molecule has 1 atom stereocenters. The molecular weight excluding hydrogens is 526 g/mol. The van der Waals surface area contributed by atoms with Crippen molar-refractivity contribution in [3.8, 4) is 11.5 Å². The smallest absolute Gasteiger partial charge is 0.322 e.